The molecule has 4 N–H and O–H groups in total. The van der Waals surface area contributed by atoms with Crippen LogP contribution in [0.3, 0.4) is 0 Å². The van der Waals surface area contributed by atoms with E-state index in [4.69, 9.17) is 0 Å². The summed E-state index contributed by atoms with van der Waals surface area (Å²) in [7, 11) is -8.15. The van der Waals surface area contributed by atoms with Crippen molar-refractivity contribution >= 4 is 20.0 Å². The molecule has 4 aromatic rings. The van der Waals surface area contributed by atoms with Gasteiger partial charge in [0.05, 0.1) is 22.0 Å². The molecule has 4 aromatic carbocycles. The molecule has 6 rings (SSSR count). The van der Waals surface area contributed by atoms with Gasteiger partial charge in [-0.1, -0.05) is 18.2 Å². The first-order chi connectivity index (χ1) is 25.9. The van der Waals surface area contributed by atoms with E-state index < -0.39 is 62.0 Å². The predicted octanol–water partition coefficient (Wildman–Crippen LogP) is 7.26. The summed E-state index contributed by atoms with van der Waals surface area (Å²) < 4.78 is 133. The molecule has 0 atom stereocenters. The molecule has 2 saturated carbocycles. The minimum atomic E-state index is -5.05. The van der Waals surface area contributed by atoms with Crippen molar-refractivity contribution in [3.05, 3.63) is 101 Å². The third kappa shape index (κ3) is 10.1. The Morgan fingerprint density at radius 3 is 1.64 bits per heavy atom. The number of sulfonamides is 2. The number of nitrogens with one attached hydrogen (secondary N) is 2. The summed E-state index contributed by atoms with van der Waals surface area (Å²) in [6.07, 6.45) is -2.80. The van der Waals surface area contributed by atoms with Crippen LogP contribution in [0.1, 0.15) is 68.1 Å². The van der Waals surface area contributed by atoms with Crippen LogP contribution >= 0.6 is 0 Å². The lowest BCUT2D eigenvalue weighted by atomic mass is 9.89. The molecule has 296 valence electrons. The van der Waals surface area contributed by atoms with Crippen molar-refractivity contribution in [2.45, 2.75) is 105 Å². The Balaban J connectivity index is 1.42. The molecule has 0 saturated heterocycles. The molecule has 2 aliphatic rings. The van der Waals surface area contributed by atoms with Crippen molar-refractivity contribution in [3.63, 3.8) is 0 Å². The maximum atomic E-state index is 15.3. The van der Waals surface area contributed by atoms with Crippen LogP contribution in [0.4, 0.5) is 22.0 Å². The highest BCUT2D eigenvalue weighted by Gasteiger charge is 2.32. The van der Waals surface area contributed by atoms with Gasteiger partial charge in [-0.2, -0.15) is 0 Å². The van der Waals surface area contributed by atoms with Crippen LogP contribution in [0.2, 0.25) is 0 Å². The second-order valence-corrected chi connectivity index (χ2v) is 17.6. The topological polar surface area (TPSA) is 142 Å². The molecule has 55 heavy (non-hydrogen) atoms. The minimum Gasteiger partial charge on any atom is -0.406 e. The molecule has 0 bridgehead atoms. The van der Waals surface area contributed by atoms with E-state index in [-0.39, 0.29) is 44.5 Å². The number of aliphatic hydroxyl groups excluding tert-OH is 2. The lowest BCUT2D eigenvalue weighted by Gasteiger charge is -2.26. The molecule has 0 spiro atoms. The van der Waals surface area contributed by atoms with E-state index >= 15 is 4.39 Å². The van der Waals surface area contributed by atoms with Crippen LogP contribution in [0.25, 0.3) is 22.3 Å². The van der Waals surface area contributed by atoms with Crippen LogP contribution in [0.5, 0.6) is 5.75 Å². The number of aryl methyl sites for hydroxylation is 1. The molecule has 0 aromatic heterocycles. The number of alkyl halides is 3. The molecule has 0 amide bonds. The van der Waals surface area contributed by atoms with E-state index in [9.17, 15) is 44.6 Å². The Bertz CT molecular complexity index is 2250. The lowest BCUT2D eigenvalue weighted by Crippen LogP contribution is -2.38. The highest BCUT2D eigenvalue weighted by atomic mass is 32.2. The van der Waals surface area contributed by atoms with Gasteiger partial charge in [-0.25, -0.2) is 35.1 Å². The van der Waals surface area contributed by atoms with Crippen molar-refractivity contribution in [2.24, 2.45) is 0 Å². The first-order valence-corrected chi connectivity index (χ1v) is 20.8. The largest absolute Gasteiger partial charge is 0.573 e. The van der Waals surface area contributed by atoms with Crippen molar-refractivity contribution in [3.8, 4) is 28.0 Å². The van der Waals surface area contributed by atoms with Crippen molar-refractivity contribution in [2.75, 3.05) is 0 Å². The summed E-state index contributed by atoms with van der Waals surface area (Å²) in [5.41, 5.74) is 1.73. The van der Waals surface area contributed by atoms with Crippen molar-refractivity contribution in [1.82, 2.24) is 9.44 Å². The van der Waals surface area contributed by atoms with E-state index in [0.29, 0.717) is 74.1 Å². The number of rotatable bonds is 11. The molecule has 9 nitrogen and oxygen atoms in total. The summed E-state index contributed by atoms with van der Waals surface area (Å²) in [5.74, 6) is -2.38. The average Bonchev–Trinajstić information content (AvgIpc) is 3.10. The summed E-state index contributed by atoms with van der Waals surface area (Å²) in [4.78, 5) is -0.236. The van der Waals surface area contributed by atoms with E-state index in [1.54, 1.807) is 6.92 Å². The maximum absolute atomic E-state index is 15.3. The van der Waals surface area contributed by atoms with Crippen LogP contribution in [-0.4, -0.2) is 57.7 Å². The van der Waals surface area contributed by atoms with Gasteiger partial charge in [0.15, 0.2) is 0 Å². The molecule has 0 unspecified atom stereocenters. The molecule has 2 aliphatic carbocycles. The SMILES string of the molecule is Cc1cc(S(=O)(=O)NC2CCC(O)CC2)ccc1-c1ccc(OC(F)(F)F)cc1Cc1cc(S(=O)(=O)NC2CCC(O)CC2)ccc1-c1ccc(F)cc1F. The first-order valence-electron chi connectivity index (χ1n) is 17.9. The summed E-state index contributed by atoms with van der Waals surface area (Å²) in [6, 6.07) is 13.9. The van der Waals surface area contributed by atoms with Gasteiger partial charge in [0.2, 0.25) is 20.0 Å². The van der Waals surface area contributed by atoms with Crippen molar-refractivity contribution < 1.29 is 53.7 Å². The van der Waals surface area contributed by atoms with E-state index in [1.807, 2.05) is 0 Å². The predicted molar refractivity (Wildman–Crippen MR) is 195 cm³/mol. The average molecular weight is 809 g/mol. The minimum absolute atomic E-state index is 0.0367. The number of benzene rings is 4. The number of ether oxygens (including phenoxy) is 1. The fourth-order valence-electron chi connectivity index (χ4n) is 7.30. The fourth-order valence-corrected chi connectivity index (χ4v) is 10.0. The van der Waals surface area contributed by atoms with Gasteiger partial charge in [0.25, 0.3) is 0 Å². The van der Waals surface area contributed by atoms with Gasteiger partial charge in [-0.15, -0.1) is 13.2 Å². The Hall–Kier alpha value is -3.93. The Labute approximate surface area is 316 Å². The standard InChI is InChI=1S/C39H41F5N2O7S2/c1-23-18-32(54(49,50)45-27-3-7-29(47)8-4-27)12-16-34(23)35-15-11-31(53-39(42,43)44)20-24(35)19-25-21-33(55(51,52)46-28-5-9-30(48)10-6-28)13-17-36(25)37-14-2-26(40)22-38(37)41/h2,11-18,20-22,27-30,45-48H,3-10,19H2,1H3. The summed E-state index contributed by atoms with van der Waals surface area (Å²) in [5, 5.41) is 19.7. The van der Waals surface area contributed by atoms with Crippen LogP contribution < -0.4 is 14.2 Å². The monoisotopic (exact) mass is 808 g/mol. The highest BCUT2D eigenvalue weighted by Crippen LogP contribution is 2.37. The zero-order chi connectivity index (χ0) is 39.7. The maximum Gasteiger partial charge on any atom is 0.573 e. The second-order valence-electron chi connectivity index (χ2n) is 14.2. The summed E-state index contributed by atoms with van der Waals surface area (Å²) >= 11 is 0. The van der Waals surface area contributed by atoms with Gasteiger partial charge in [0.1, 0.15) is 17.4 Å². The van der Waals surface area contributed by atoms with Crippen LogP contribution in [0.15, 0.2) is 82.6 Å². The third-order valence-corrected chi connectivity index (χ3v) is 13.2. The van der Waals surface area contributed by atoms with Gasteiger partial charge in [0, 0.05) is 23.7 Å². The van der Waals surface area contributed by atoms with Crippen LogP contribution in [-0.2, 0) is 26.5 Å². The molecular formula is C39H41F5N2O7S2. The van der Waals surface area contributed by atoms with E-state index in [1.165, 1.54) is 48.5 Å². The Morgan fingerprint density at radius 1 is 0.636 bits per heavy atom. The number of aliphatic hydroxyl groups is 2. The number of hydrogen-bond acceptors (Lipinski definition) is 7. The van der Waals surface area contributed by atoms with E-state index in [0.717, 1.165) is 18.2 Å². The molecule has 16 heteroatoms. The molecule has 0 radical (unpaired) electrons. The highest BCUT2D eigenvalue weighted by molar-refractivity contribution is 7.89. The smallest absolute Gasteiger partial charge is 0.406 e. The normalized spacial score (nSPS) is 21.0. The van der Waals surface area contributed by atoms with Crippen molar-refractivity contribution in [1.29, 1.82) is 0 Å². The molecule has 0 heterocycles. The third-order valence-electron chi connectivity index (χ3n) is 10.1. The zero-order valence-electron chi connectivity index (χ0n) is 29.7. The number of halogens is 5. The molecule has 0 aliphatic heterocycles. The fraction of sp³-hybridized carbons (Fsp3) is 0.385. The van der Waals surface area contributed by atoms with Gasteiger partial charge < -0.3 is 14.9 Å². The quantitative estimate of drug-likeness (QED) is 0.117. The van der Waals surface area contributed by atoms with Gasteiger partial charge in [-0.3, -0.25) is 0 Å². The second kappa shape index (κ2) is 16.3. The lowest BCUT2D eigenvalue weighted by molar-refractivity contribution is -0.274. The molecular weight excluding hydrogens is 768 g/mol. The Kier molecular flexibility index (Phi) is 12.1. The first kappa shape index (κ1) is 40.7. The van der Waals surface area contributed by atoms with Crippen LogP contribution in [0, 0.1) is 18.6 Å². The van der Waals surface area contributed by atoms with E-state index in [2.05, 4.69) is 14.2 Å². The summed E-state index contributed by atoms with van der Waals surface area (Å²) in [6.45, 7) is 1.64. The zero-order valence-corrected chi connectivity index (χ0v) is 31.4. The molecule has 2 fully saturated rings. The van der Waals surface area contributed by atoms with Gasteiger partial charge in [-0.05, 0) is 147 Å². The Morgan fingerprint density at radius 2 is 1.11 bits per heavy atom. The van der Waals surface area contributed by atoms with Gasteiger partial charge >= 0.3 is 6.36 Å². The number of hydrogen-bond donors (Lipinski definition) is 4.